The average Bonchev–Trinajstić information content (AvgIpc) is 2.57. The molecule has 2 rings (SSSR count). The van der Waals surface area contributed by atoms with Gasteiger partial charge in [-0.15, -0.1) is 0 Å². The van der Waals surface area contributed by atoms with Gasteiger partial charge in [-0.25, -0.2) is 0 Å². The monoisotopic (exact) mass is 299 g/mol. The van der Waals surface area contributed by atoms with Gasteiger partial charge in [-0.3, -0.25) is 4.79 Å². The van der Waals surface area contributed by atoms with E-state index in [2.05, 4.69) is 5.32 Å². The van der Waals surface area contributed by atoms with Crippen molar-refractivity contribution in [1.29, 1.82) is 0 Å². The second kappa shape index (κ2) is 8.20. The molecule has 0 heterocycles. The zero-order valence-corrected chi connectivity index (χ0v) is 12.9. The van der Waals surface area contributed by atoms with Crippen molar-refractivity contribution in [2.75, 3.05) is 20.3 Å². The Morgan fingerprint density at radius 1 is 1.09 bits per heavy atom. The molecule has 0 aliphatic carbocycles. The lowest BCUT2D eigenvalue weighted by atomic mass is 10.1. The van der Waals surface area contributed by atoms with Gasteiger partial charge in [0.2, 0.25) is 0 Å². The molecule has 0 bridgehead atoms. The normalized spacial score (nSPS) is 11.7. The number of ether oxygens (including phenoxy) is 2. The first-order valence-electron chi connectivity index (χ1n) is 7.34. The molecule has 1 amide bonds. The maximum atomic E-state index is 12.3. The summed E-state index contributed by atoms with van der Waals surface area (Å²) < 4.78 is 10.9. The Kier molecular flexibility index (Phi) is 5.98. The molecule has 1 atom stereocenters. The van der Waals surface area contributed by atoms with E-state index in [-0.39, 0.29) is 12.0 Å². The van der Waals surface area contributed by atoms with Crippen molar-refractivity contribution in [1.82, 2.24) is 5.32 Å². The Bertz CT molecular complexity index is 598. The van der Waals surface area contributed by atoms with Gasteiger partial charge in [0.25, 0.3) is 5.91 Å². The largest absolute Gasteiger partial charge is 0.493 e. The maximum Gasteiger partial charge on any atom is 0.255 e. The molecule has 0 aromatic heterocycles. The molecule has 4 heteroatoms. The lowest BCUT2D eigenvalue weighted by Crippen LogP contribution is -2.29. The fourth-order valence-electron chi connectivity index (χ4n) is 2.22. The fourth-order valence-corrected chi connectivity index (χ4v) is 2.22. The molecular formula is C18H21NO3. The highest BCUT2D eigenvalue weighted by molar-refractivity contribution is 5.96. The molecule has 1 N–H and O–H groups in total. The van der Waals surface area contributed by atoms with Crippen LogP contribution in [-0.4, -0.2) is 26.2 Å². The van der Waals surface area contributed by atoms with Gasteiger partial charge in [-0.2, -0.15) is 0 Å². The minimum absolute atomic E-state index is 0.165. The number of para-hydroxylation sites is 1. The van der Waals surface area contributed by atoms with Crippen LogP contribution in [0, 0.1) is 0 Å². The zero-order chi connectivity index (χ0) is 15.8. The number of hydrogen-bond acceptors (Lipinski definition) is 3. The van der Waals surface area contributed by atoms with E-state index in [1.807, 2.05) is 49.4 Å². The van der Waals surface area contributed by atoms with E-state index in [4.69, 9.17) is 9.47 Å². The Morgan fingerprint density at radius 2 is 1.77 bits per heavy atom. The number of nitrogens with one attached hydrogen (secondary N) is 1. The van der Waals surface area contributed by atoms with Crippen molar-refractivity contribution in [3.05, 3.63) is 65.7 Å². The van der Waals surface area contributed by atoms with E-state index >= 15 is 0 Å². The summed E-state index contributed by atoms with van der Waals surface area (Å²) in [5.74, 6) is 0.429. The third-order valence-electron chi connectivity index (χ3n) is 3.34. The highest BCUT2D eigenvalue weighted by atomic mass is 16.5. The molecular weight excluding hydrogens is 278 g/mol. The molecule has 0 saturated carbocycles. The van der Waals surface area contributed by atoms with Crippen LogP contribution in [-0.2, 0) is 4.74 Å². The number of rotatable bonds is 7. The highest BCUT2D eigenvalue weighted by Gasteiger charge is 2.15. The predicted molar refractivity (Wildman–Crippen MR) is 86.1 cm³/mol. The molecule has 0 spiro atoms. The fraction of sp³-hybridized carbons (Fsp3) is 0.278. The molecule has 4 nitrogen and oxygen atoms in total. The lowest BCUT2D eigenvalue weighted by molar-refractivity contribution is 0.0825. The summed E-state index contributed by atoms with van der Waals surface area (Å²) in [7, 11) is 1.64. The van der Waals surface area contributed by atoms with Crippen molar-refractivity contribution in [3.63, 3.8) is 0 Å². The molecule has 0 aliphatic rings. The topological polar surface area (TPSA) is 47.6 Å². The predicted octanol–water partition coefficient (Wildman–Crippen LogP) is 3.20. The second-order valence-electron chi connectivity index (χ2n) is 4.77. The van der Waals surface area contributed by atoms with Gasteiger partial charge in [0, 0.05) is 13.7 Å². The van der Waals surface area contributed by atoms with E-state index < -0.39 is 0 Å². The van der Waals surface area contributed by atoms with Gasteiger partial charge < -0.3 is 14.8 Å². The number of benzene rings is 2. The molecule has 0 fully saturated rings. The van der Waals surface area contributed by atoms with Crippen LogP contribution >= 0.6 is 0 Å². The molecule has 2 aromatic rings. The van der Waals surface area contributed by atoms with Crippen LogP contribution in [0.25, 0.3) is 0 Å². The van der Waals surface area contributed by atoms with Crippen LogP contribution in [0.15, 0.2) is 54.6 Å². The van der Waals surface area contributed by atoms with Crippen molar-refractivity contribution in [3.8, 4) is 5.75 Å². The van der Waals surface area contributed by atoms with Crippen LogP contribution < -0.4 is 10.1 Å². The summed E-state index contributed by atoms with van der Waals surface area (Å²) in [6.45, 7) is 2.82. The first-order chi connectivity index (χ1) is 10.8. The second-order valence-corrected chi connectivity index (χ2v) is 4.77. The maximum absolute atomic E-state index is 12.3. The van der Waals surface area contributed by atoms with E-state index in [0.29, 0.717) is 24.5 Å². The quantitative estimate of drug-likeness (QED) is 0.854. The summed E-state index contributed by atoms with van der Waals surface area (Å²) in [4.78, 5) is 12.3. The van der Waals surface area contributed by atoms with Gasteiger partial charge >= 0.3 is 0 Å². The molecule has 0 aliphatic heterocycles. The number of hydrogen-bond donors (Lipinski definition) is 1. The Labute approximate surface area is 131 Å². The van der Waals surface area contributed by atoms with Gasteiger partial charge in [-0.05, 0) is 24.6 Å². The molecule has 2 aromatic carbocycles. The minimum atomic E-state index is -0.176. The van der Waals surface area contributed by atoms with E-state index in [1.165, 1.54) is 0 Å². The van der Waals surface area contributed by atoms with E-state index in [1.54, 1.807) is 19.2 Å². The van der Waals surface area contributed by atoms with Crippen molar-refractivity contribution in [2.24, 2.45) is 0 Å². The molecule has 1 unspecified atom stereocenters. The standard InChI is InChI=1S/C18H21NO3/c1-3-22-16-12-8-7-11-15(16)18(20)19-13-17(21-2)14-9-5-4-6-10-14/h4-12,17H,3,13H2,1-2H3,(H,19,20). The Hall–Kier alpha value is -2.33. The van der Waals surface area contributed by atoms with Crippen LogP contribution in [0.4, 0.5) is 0 Å². The van der Waals surface area contributed by atoms with Crippen molar-refractivity contribution < 1.29 is 14.3 Å². The van der Waals surface area contributed by atoms with Crippen molar-refractivity contribution in [2.45, 2.75) is 13.0 Å². The number of carbonyl (C=O) groups excluding carboxylic acids is 1. The van der Waals surface area contributed by atoms with Gasteiger partial charge in [0.1, 0.15) is 5.75 Å². The summed E-state index contributed by atoms with van der Waals surface area (Å²) in [6.07, 6.45) is -0.176. The average molecular weight is 299 g/mol. The third-order valence-corrected chi connectivity index (χ3v) is 3.34. The lowest BCUT2D eigenvalue weighted by Gasteiger charge is -2.17. The molecule has 0 saturated heterocycles. The summed E-state index contributed by atoms with van der Waals surface area (Å²) >= 11 is 0. The zero-order valence-electron chi connectivity index (χ0n) is 12.9. The Balaban J connectivity index is 2.03. The highest BCUT2D eigenvalue weighted by Crippen LogP contribution is 2.19. The van der Waals surface area contributed by atoms with E-state index in [9.17, 15) is 4.79 Å². The van der Waals surface area contributed by atoms with Gasteiger partial charge in [0.15, 0.2) is 0 Å². The molecule has 116 valence electrons. The number of carbonyl (C=O) groups is 1. The van der Waals surface area contributed by atoms with Gasteiger partial charge in [-0.1, -0.05) is 42.5 Å². The van der Waals surface area contributed by atoms with Crippen LogP contribution in [0.3, 0.4) is 0 Å². The Morgan fingerprint density at radius 3 is 2.45 bits per heavy atom. The SMILES string of the molecule is CCOc1ccccc1C(=O)NCC(OC)c1ccccc1. The van der Waals surface area contributed by atoms with Crippen LogP contribution in [0.1, 0.15) is 28.9 Å². The van der Waals surface area contributed by atoms with E-state index in [0.717, 1.165) is 5.56 Å². The van der Waals surface area contributed by atoms with Crippen LogP contribution in [0.5, 0.6) is 5.75 Å². The molecule has 22 heavy (non-hydrogen) atoms. The first-order valence-corrected chi connectivity index (χ1v) is 7.34. The summed E-state index contributed by atoms with van der Waals surface area (Å²) in [5.41, 5.74) is 1.57. The molecule has 0 radical (unpaired) electrons. The van der Waals surface area contributed by atoms with Gasteiger partial charge in [0.05, 0.1) is 18.3 Å². The minimum Gasteiger partial charge on any atom is -0.493 e. The smallest absolute Gasteiger partial charge is 0.255 e. The summed E-state index contributed by atoms with van der Waals surface area (Å²) in [6, 6.07) is 17.0. The number of amides is 1. The third kappa shape index (κ3) is 4.09. The number of methoxy groups -OCH3 is 1. The van der Waals surface area contributed by atoms with Crippen LogP contribution in [0.2, 0.25) is 0 Å². The first kappa shape index (κ1) is 16.0. The van der Waals surface area contributed by atoms with Crippen molar-refractivity contribution >= 4 is 5.91 Å². The summed E-state index contributed by atoms with van der Waals surface area (Å²) in [5, 5.41) is 2.90.